The van der Waals surface area contributed by atoms with Crippen molar-refractivity contribution in [3.63, 3.8) is 0 Å². The second-order valence-electron chi connectivity index (χ2n) is 14.2. The summed E-state index contributed by atoms with van der Waals surface area (Å²) >= 11 is 0. The van der Waals surface area contributed by atoms with Gasteiger partial charge in [0.15, 0.2) is 17.2 Å². The zero-order chi connectivity index (χ0) is 42.7. The zero-order valence-corrected chi connectivity index (χ0v) is 35.9. The van der Waals surface area contributed by atoms with Crippen LogP contribution in [-0.4, -0.2) is 89.3 Å². The topological polar surface area (TPSA) is 112 Å². The van der Waals surface area contributed by atoms with E-state index in [4.69, 9.17) is 4.74 Å². The zero-order valence-electron chi connectivity index (χ0n) is 35.9. The molecule has 0 spiro atoms. The number of aromatic nitrogens is 2. The Kier molecular flexibility index (Phi) is 19.6. The number of carbonyl (C=O) groups is 2. The third-order valence-electron chi connectivity index (χ3n) is 10.3. The van der Waals surface area contributed by atoms with Crippen LogP contribution in [0.4, 0.5) is 8.78 Å². The number of methoxy groups -OCH3 is 1. The molecule has 314 valence electrons. The summed E-state index contributed by atoms with van der Waals surface area (Å²) in [7, 11) is 1.54. The number of hydrogen-bond donors (Lipinski definition) is 2. The van der Waals surface area contributed by atoms with Crippen molar-refractivity contribution in [3.05, 3.63) is 113 Å². The van der Waals surface area contributed by atoms with Crippen LogP contribution in [0, 0.1) is 11.7 Å². The summed E-state index contributed by atoms with van der Waals surface area (Å²) < 4.78 is 31.8. The molecule has 5 rings (SSSR count). The Morgan fingerprint density at radius 1 is 1.07 bits per heavy atom. The van der Waals surface area contributed by atoms with Gasteiger partial charge >= 0.3 is 0 Å². The van der Waals surface area contributed by atoms with Gasteiger partial charge < -0.3 is 15.0 Å². The van der Waals surface area contributed by atoms with Gasteiger partial charge in [-0.3, -0.25) is 19.9 Å². The largest absolute Gasteiger partial charge is 0.367 e. The summed E-state index contributed by atoms with van der Waals surface area (Å²) in [6.45, 7) is 18.8. The highest BCUT2D eigenvalue weighted by molar-refractivity contribution is 6.06. The fraction of sp³-hybridized carbons (Fsp3) is 0.457. The molecule has 2 aliphatic heterocycles. The molecule has 58 heavy (non-hydrogen) atoms. The molecule has 2 atom stereocenters. The summed E-state index contributed by atoms with van der Waals surface area (Å²) in [5.41, 5.74) is 9.40. The molecule has 0 saturated carbocycles. The summed E-state index contributed by atoms with van der Waals surface area (Å²) in [5, 5.41) is 7.28. The van der Waals surface area contributed by atoms with E-state index < -0.39 is 11.4 Å². The second kappa shape index (κ2) is 24.0. The predicted octanol–water partition coefficient (Wildman–Crippen LogP) is 8.74. The van der Waals surface area contributed by atoms with Crippen LogP contribution in [0.15, 0.2) is 107 Å². The molecule has 10 nitrogen and oxygen atoms in total. The maximum Gasteiger partial charge on any atom is 0.253 e. The number of amides is 2. The normalized spacial score (nSPS) is 18.3. The minimum Gasteiger partial charge on any atom is -0.367 e. The van der Waals surface area contributed by atoms with Crippen LogP contribution in [0.25, 0.3) is 17.0 Å². The van der Waals surface area contributed by atoms with E-state index in [0.29, 0.717) is 45.0 Å². The summed E-state index contributed by atoms with van der Waals surface area (Å²) in [6, 6.07) is 7.85. The molecule has 2 amide bonds. The molecule has 1 aromatic carbocycles. The molecular formula is C46H63F2N7O3. The number of hydrogen-bond acceptors (Lipinski definition) is 8. The average Bonchev–Trinajstić information content (AvgIpc) is 3.49. The van der Waals surface area contributed by atoms with Crippen LogP contribution in [-0.2, 0) is 14.3 Å². The van der Waals surface area contributed by atoms with E-state index in [9.17, 15) is 18.4 Å². The molecule has 0 fully saturated rings. The van der Waals surface area contributed by atoms with E-state index in [1.165, 1.54) is 24.3 Å². The fourth-order valence-corrected chi connectivity index (χ4v) is 6.47. The van der Waals surface area contributed by atoms with Crippen LogP contribution in [0.3, 0.4) is 0 Å². The standard InChI is InChI=1S/C31H42FN5O3.C13H15FN2.C2H6/c1-6-23(3)9-8-16-33-30(39)31(4,40-5)22-36(7-2)21-28(38)37-17-14-25(15-18-37)24-10-12-26(13-11-24)29-34-19-27(32)20-35-29;1-3-12-9(2)13(16-15-12)10-5-4-6-11(14)8-7-10;1-2/h6,10-14,19-20H,7-9,15-18,21-22H2,1-5H3,(H,33,39);3,5-9,15H,4H2,1-2H3;1-2H3/b23-6-;12-3+;. The molecule has 3 aliphatic rings. The Balaban J connectivity index is 0.000000413. The minimum atomic E-state index is -1.05. The lowest BCUT2D eigenvalue weighted by molar-refractivity contribution is -0.145. The lowest BCUT2D eigenvalue weighted by atomic mass is 9.96. The van der Waals surface area contributed by atoms with Gasteiger partial charge in [-0.1, -0.05) is 87.9 Å². The Morgan fingerprint density at radius 3 is 2.34 bits per heavy atom. The number of ether oxygens (including phenoxy) is 1. The average molecular weight is 800 g/mol. The third kappa shape index (κ3) is 13.8. The van der Waals surface area contributed by atoms with Crippen LogP contribution in [0.5, 0.6) is 0 Å². The first-order chi connectivity index (χ1) is 27.9. The summed E-state index contributed by atoms with van der Waals surface area (Å²) in [5.74, 6) is -0.0558. The highest BCUT2D eigenvalue weighted by Crippen LogP contribution is 2.26. The fourth-order valence-electron chi connectivity index (χ4n) is 6.47. The van der Waals surface area contributed by atoms with Crippen LogP contribution in [0.2, 0.25) is 0 Å². The first-order valence-corrected chi connectivity index (χ1v) is 20.4. The number of hydrazone groups is 1. The molecule has 2 N–H and O–H groups in total. The molecule has 2 unspecified atom stereocenters. The lowest BCUT2D eigenvalue weighted by Crippen LogP contribution is -2.55. The monoisotopic (exact) mass is 799 g/mol. The SMILES string of the molecule is C/C=C(/C)CCCNC(=O)C(C)(CN(CC)CC(=O)N1CC=C(c2ccc(-c3ncc(F)cn3)cc2)CC1)OC.C/C=C1/NN=C(C2=CCC=C(F)C=C2)C1C.CC. The van der Waals surface area contributed by atoms with Crippen molar-refractivity contribution in [2.24, 2.45) is 11.0 Å². The van der Waals surface area contributed by atoms with Gasteiger partial charge in [-0.25, -0.2) is 18.7 Å². The lowest BCUT2D eigenvalue weighted by Gasteiger charge is -2.34. The first-order valence-electron chi connectivity index (χ1n) is 20.4. The number of rotatable bonds is 14. The minimum absolute atomic E-state index is 0.0293. The number of halogens is 2. The van der Waals surface area contributed by atoms with Gasteiger partial charge in [0.05, 0.1) is 24.7 Å². The number of nitrogens with zero attached hydrogens (tertiary/aromatic N) is 5. The van der Waals surface area contributed by atoms with Crippen LogP contribution < -0.4 is 10.7 Å². The van der Waals surface area contributed by atoms with E-state index in [-0.39, 0.29) is 30.1 Å². The molecule has 0 radical (unpaired) electrons. The summed E-state index contributed by atoms with van der Waals surface area (Å²) in [6.07, 6.45) is 18.5. The van der Waals surface area contributed by atoms with Crippen molar-refractivity contribution in [1.82, 2.24) is 30.5 Å². The van der Waals surface area contributed by atoms with E-state index in [0.717, 1.165) is 59.8 Å². The molecule has 12 heteroatoms. The molecule has 1 aliphatic carbocycles. The Labute approximate surface area is 344 Å². The quantitative estimate of drug-likeness (QED) is 0.145. The van der Waals surface area contributed by atoms with Crippen molar-refractivity contribution >= 4 is 23.1 Å². The maximum absolute atomic E-state index is 13.2. The van der Waals surface area contributed by atoms with Gasteiger partial charge in [0.2, 0.25) is 5.91 Å². The third-order valence-corrected chi connectivity index (χ3v) is 10.3. The van der Waals surface area contributed by atoms with Crippen molar-refractivity contribution < 1.29 is 23.1 Å². The van der Waals surface area contributed by atoms with Gasteiger partial charge in [-0.2, -0.15) is 5.10 Å². The number of likely N-dealkylation sites (N-methyl/N-ethyl adjacent to an activating group) is 1. The second-order valence-corrected chi connectivity index (χ2v) is 14.2. The molecule has 1 aromatic heterocycles. The molecule has 0 bridgehead atoms. The van der Waals surface area contributed by atoms with E-state index in [1.54, 1.807) is 19.1 Å². The maximum atomic E-state index is 13.2. The van der Waals surface area contributed by atoms with Gasteiger partial charge in [-0.15, -0.1) is 0 Å². The number of benzene rings is 1. The highest BCUT2D eigenvalue weighted by Gasteiger charge is 2.35. The Hall–Kier alpha value is -5.07. The van der Waals surface area contributed by atoms with Gasteiger partial charge in [0.1, 0.15) is 5.83 Å². The number of allylic oxidation sites excluding steroid dienone is 10. The number of carbonyl (C=O) groups excluding carboxylic acids is 2. The van der Waals surface area contributed by atoms with Gasteiger partial charge in [-0.05, 0) is 88.8 Å². The molecular weight excluding hydrogens is 737 g/mol. The van der Waals surface area contributed by atoms with Crippen LogP contribution in [0.1, 0.15) is 86.6 Å². The van der Waals surface area contributed by atoms with E-state index in [2.05, 4.69) is 51.8 Å². The molecule has 0 saturated heterocycles. The van der Waals surface area contributed by atoms with E-state index in [1.807, 2.05) is 80.8 Å². The van der Waals surface area contributed by atoms with Crippen molar-refractivity contribution in [2.75, 3.05) is 46.4 Å². The van der Waals surface area contributed by atoms with Crippen molar-refractivity contribution in [1.29, 1.82) is 0 Å². The smallest absolute Gasteiger partial charge is 0.253 e. The van der Waals surface area contributed by atoms with Crippen molar-refractivity contribution in [2.45, 2.75) is 86.7 Å². The Morgan fingerprint density at radius 2 is 1.76 bits per heavy atom. The summed E-state index contributed by atoms with van der Waals surface area (Å²) in [4.78, 5) is 38.0. The molecule has 2 aromatic rings. The number of nitrogens with one attached hydrogen (secondary N) is 2. The van der Waals surface area contributed by atoms with Crippen molar-refractivity contribution in [3.8, 4) is 11.4 Å². The van der Waals surface area contributed by atoms with Crippen LogP contribution >= 0.6 is 0 Å². The van der Waals surface area contributed by atoms with Gasteiger partial charge in [0, 0.05) is 50.5 Å². The van der Waals surface area contributed by atoms with Gasteiger partial charge in [0.25, 0.3) is 5.91 Å². The first kappa shape index (κ1) is 47.3. The molecule has 3 heterocycles. The van der Waals surface area contributed by atoms with E-state index >= 15 is 0 Å². The Bertz CT molecular complexity index is 1880. The highest BCUT2D eigenvalue weighted by atomic mass is 19.1. The predicted molar refractivity (Wildman–Crippen MR) is 232 cm³/mol.